The Morgan fingerprint density at radius 1 is 1.36 bits per heavy atom. The van der Waals surface area contributed by atoms with Crippen LogP contribution in [-0.4, -0.2) is 31.2 Å². The van der Waals surface area contributed by atoms with Gasteiger partial charge < -0.3 is 0 Å². The minimum absolute atomic E-state index is 0.0967. The van der Waals surface area contributed by atoms with E-state index in [2.05, 4.69) is 35.4 Å². The molecule has 1 atom stereocenters. The van der Waals surface area contributed by atoms with E-state index in [1.165, 1.54) is 11.8 Å². The van der Waals surface area contributed by atoms with Gasteiger partial charge in [-0.05, 0) is 41.2 Å². The van der Waals surface area contributed by atoms with Crippen LogP contribution < -0.4 is 0 Å². The fourth-order valence-electron chi connectivity index (χ4n) is 2.74. The Bertz CT molecular complexity index is 668. The second kappa shape index (κ2) is 6.60. The maximum Gasteiger partial charge on any atom is 0.210 e. The summed E-state index contributed by atoms with van der Waals surface area (Å²) in [6, 6.07) is 7.94. The summed E-state index contributed by atoms with van der Waals surface area (Å²) in [5, 5.41) is 12.5. The van der Waals surface area contributed by atoms with Gasteiger partial charge >= 0.3 is 0 Å². The lowest BCUT2D eigenvalue weighted by atomic mass is 10.0. The largest absolute Gasteiger partial charge is 0.293 e. The topological polar surface area (TPSA) is 60.7 Å². The van der Waals surface area contributed by atoms with Crippen LogP contribution in [0.1, 0.15) is 42.6 Å². The highest BCUT2D eigenvalue weighted by molar-refractivity contribution is 8.00. The number of carbonyl (C=O) groups is 1. The fraction of sp³-hybridized carbons (Fsp3) is 0.500. The Morgan fingerprint density at radius 2 is 2.18 bits per heavy atom. The van der Waals surface area contributed by atoms with Gasteiger partial charge in [-0.15, -0.1) is 5.10 Å². The normalized spacial score (nSPS) is 18.3. The minimum Gasteiger partial charge on any atom is -0.293 e. The first-order valence-electron chi connectivity index (χ1n) is 7.70. The molecule has 1 unspecified atom stereocenters. The molecule has 0 saturated carbocycles. The molecule has 0 fully saturated rings. The van der Waals surface area contributed by atoms with Crippen LogP contribution in [0.4, 0.5) is 0 Å². The molecule has 3 rings (SSSR count). The van der Waals surface area contributed by atoms with Crippen LogP contribution in [0.25, 0.3) is 0 Å². The summed E-state index contributed by atoms with van der Waals surface area (Å²) in [6.07, 6.45) is 2.86. The second-order valence-electron chi connectivity index (χ2n) is 6.06. The number of hydrogen-bond acceptors (Lipinski definition) is 5. The van der Waals surface area contributed by atoms with Crippen molar-refractivity contribution in [2.24, 2.45) is 5.92 Å². The van der Waals surface area contributed by atoms with Gasteiger partial charge in [0, 0.05) is 12.1 Å². The second-order valence-corrected chi connectivity index (χ2v) is 7.23. The first-order chi connectivity index (χ1) is 10.6. The average molecular weight is 316 g/mol. The van der Waals surface area contributed by atoms with Crippen molar-refractivity contribution in [2.75, 3.05) is 0 Å². The SMILES string of the molecule is CC(C)Cn1nnnc1SC1CCCc2ccccc2C1=O. The Kier molecular flexibility index (Phi) is 4.57. The number of thioether (sulfide) groups is 1. The summed E-state index contributed by atoms with van der Waals surface area (Å²) < 4.78 is 1.80. The first-order valence-corrected chi connectivity index (χ1v) is 8.58. The standard InChI is InChI=1S/C16H20N4OS/c1-11(2)10-20-16(17-18-19-20)22-14-9-5-7-12-6-3-4-8-13(12)15(14)21/h3-4,6,8,11,14H,5,7,9-10H2,1-2H3. The molecule has 2 aromatic rings. The van der Waals surface area contributed by atoms with Gasteiger partial charge in [0.1, 0.15) is 0 Å². The fourth-order valence-corrected chi connectivity index (χ4v) is 3.83. The summed E-state index contributed by atoms with van der Waals surface area (Å²) in [5.74, 6) is 0.672. The van der Waals surface area contributed by atoms with Crippen LogP contribution in [0.3, 0.4) is 0 Å². The van der Waals surface area contributed by atoms with Crippen molar-refractivity contribution in [2.45, 2.75) is 50.1 Å². The smallest absolute Gasteiger partial charge is 0.210 e. The van der Waals surface area contributed by atoms with Gasteiger partial charge in [0.2, 0.25) is 5.16 Å². The maximum absolute atomic E-state index is 12.8. The summed E-state index contributed by atoms with van der Waals surface area (Å²) in [5.41, 5.74) is 2.03. The summed E-state index contributed by atoms with van der Waals surface area (Å²) in [6.45, 7) is 5.03. The van der Waals surface area contributed by atoms with Crippen molar-refractivity contribution in [1.29, 1.82) is 0 Å². The molecule has 0 spiro atoms. The molecule has 1 aliphatic rings. The molecule has 22 heavy (non-hydrogen) atoms. The molecule has 5 nitrogen and oxygen atoms in total. The molecule has 1 aromatic carbocycles. The van der Waals surface area contributed by atoms with E-state index >= 15 is 0 Å². The van der Waals surface area contributed by atoms with Crippen molar-refractivity contribution in [1.82, 2.24) is 20.2 Å². The van der Waals surface area contributed by atoms with E-state index in [1.54, 1.807) is 4.68 Å². The number of carbonyl (C=O) groups excluding carboxylic acids is 1. The van der Waals surface area contributed by atoms with Crippen molar-refractivity contribution >= 4 is 17.5 Å². The number of aromatic nitrogens is 4. The lowest BCUT2D eigenvalue weighted by Gasteiger charge is -2.13. The Morgan fingerprint density at radius 3 is 3.00 bits per heavy atom. The van der Waals surface area contributed by atoms with Gasteiger partial charge in [-0.3, -0.25) is 4.79 Å². The van der Waals surface area contributed by atoms with Gasteiger partial charge in [0.05, 0.1) is 5.25 Å². The molecule has 116 valence electrons. The number of benzene rings is 1. The third kappa shape index (κ3) is 3.21. The Labute approximate surface area is 134 Å². The number of hydrogen-bond donors (Lipinski definition) is 0. The highest BCUT2D eigenvalue weighted by atomic mass is 32.2. The first kappa shape index (κ1) is 15.2. The monoisotopic (exact) mass is 316 g/mol. The molecule has 0 radical (unpaired) electrons. The minimum atomic E-state index is -0.0967. The van der Waals surface area contributed by atoms with Crippen LogP contribution in [0.2, 0.25) is 0 Å². The molecule has 0 bridgehead atoms. The summed E-state index contributed by atoms with van der Waals surface area (Å²) in [7, 11) is 0. The van der Waals surface area contributed by atoms with Crippen LogP contribution >= 0.6 is 11.8 Å². The van der Waals surface area contributed by atoms with Crippen molar-refractivity contribution in [3.63, 3.8) is 0 Å². The van der Waals surface area contributed by atoms with Gasteiger partial charge in [-0.1, -0.05) is 49.9 Å². The lowest BCUT2D eigenvalue weighted by molar-refractivity contribution is 0.0988. The third-order valence-electron chi connectivity index (χ3n) is 3.77. The molecule has 0 saturated heterocycles. The quantitative estimate of drug-likeness (QED) is 0.812. The van der Waals surface area contributed by atoms with Gasteiger partial charge in [-0.2, -0.15) is 0 Å². The van der Waals surface area contributed by atoms with E-state index in [9.17, 15) is 4.79 Å². The summed E-state index contributed by atoms with van der Waals surface area (Å²) >= 11 is 1.50. The number of Topliss-reactive ketones (excluding diaryl/α,β-unsaturated/α-hetero) is 1. The van der Waals surface area contributed by atoms with Crippen molar-refractivity contribution < 1.29 is 4.79 Å². The predicted octanol–water partition coefficient (Wildman–Crippen LogP) is 3.01. The molecule has 1 aromatic heterocycles. The molecule has 1 heterocycles. The van der Waals surface area contributed by atoms with E-state index in [4.69, 9.17) is 0 Å². The Hall–Kier alpha value is -1.69. The zero-order chi connectivity index (χ0) is 15.5. The van der Waals surface area contributed by atoms with Gasteiger partial charge in [0.15, 0.2) is 5.78 Å². The average Bonchev–Trinajstić information content (AvgIpc) is 2.85. The number of nitrogens with zero attached hydrogens (tertiary/aromatic N) is 4. The van der Waals surface area contributed by atoms with Crippen LogP contribution in [0.5, 0.6) is 0 Å². The molecule has 6 heteroatoms. The van der Waals surface area contributed by atoms with Gasteiger partial charge in [0.25, 0.3) is 0 Å². The number of fused-ring (bicyclic) bond motifs is 1. The zero-order valence-electron chi connectivity index (χ0n) is 12.9. The van der Waals surface area contributed by atoms with E-state index in [-0.39, 0.29) is 11.0 Å². The zero-order valence-corrected chi connectivity index (χ0v) is 13.7. The Balaban J connectivity index is 1.81. The predicted molar refractivity (Wildman–Crippen MR) is 86.0 cm³/mol. The van der Waals surface area contributed by atoms with E-state index < -0.39 is 0 Å². The number of rotatable bonds is 4. The number of ketones is 1. The third-order valence-corrected chi connectivity index (χ3v) is 5.01. The highest BCUT2D eigenvalue weighted by Crippen LogP contribution is 2.31. The number of aryl methyl sites for hydroxylation is 1. The lowest BCUT2D eigenvalue weighted by Crippen LogP contribution is -2.18. The molecular formula is C16H20N4OS. The van der Waals surface area contributed by atoms with Crippen LogP contribution in [0.15, 0.2) is 29.4 Å². The molecule has 0 aliphatic heterocycles. The van der Waals surface area contributed by atoms with Crippen molar-refractivity contribution in [3.05, 3.63) is 35.4 Å². The molecular weight excluding hydrogens is 296 g/mol. The highest BCUT2D eigenvalue weighted by Gasteiger charge is 2.28. The maximum atomic E-state index is 12.8. The van der Waals surface area contributed by atoms with Gasteiger partial charge in [-0.25, -0.2) is 4.68 Å². The molecule has 0 N–H and O–H groups in total. The van der Waals surface area contributed by atoms with E-state index in [1.807, 2.05) is 18.2 Å². The van der Waals surface area contributed by atoms with Crippen molar-refractivity contribution in [3.8, 4) is 0 Å². The van der Waals surface area contributed by atoms with E-state index in [0.29, 0.717) is 5.92 Å². The van der Waals surface area contributed by atoms with E-state index in [0.717, 1.165) is 42.1 Å². The summed E-state index contributed by atoms with van der Waals surface area (Å²) in [4.78, 5) is 12.8. The molecule has 1 aliphatic carbocycles. The number of tetrazole rings is 1. The van der Waals surface area contributed by atoms with Crippen LogP contribution in [-0.2, 0) is 13.0 Å². The van der Waals surface area contributed by atoms with Crippen LogP contribution in [0, 0.1) is 5.92 Å². The molecule has 0 amide bonds.